The molecular formula is C29H27Cl3F3N5O3. The number of anilines is 3. The Kier molecular flexibility index (Phi) is 9.57. The number of aliphatic hydroxyl groups is 1. The smallest absolute Gasteiger partial charge is 0.272 e. The molecule has 1 fully saturated rings. The normalized spacial score (nSPS) is 14.2. The molecule has 0 aliphatic heterocycles. The molecular weight excluding hydrogens is 630 g/mol. The predicted molar refractivity (Wildman–Crippen MR) is 162 cm³/mol. The number of fused-ring (bicyclic) bond motifs is 1. The highest BCUT2D eigenvalue weighted by atomic mass is 35.5. The Hall–Kier alpha value is -3.22. The number of halogens is 6. The second kappa shape index (κ2) is 13.2. The van der Waals surface area contributed by atoms with Crippen molar-refractivity contribution in [1.29, 1.82) is 0 Å². The highest BCUT2D eigenvalue weighted by Crippen LogP contribution is 2.37. The van der Waals surface area contributed by atoms with Gasteiger partial charge in [0.05, 0.1) is 37.4 Å². The molecule has 1 heterocycles. The van der Waals surface area contributed by atoms with E-state index in [1.165, 1.54) is 24.3 Å². The van der Waals surface area contributed by atoms with Crippen molar-refractivity contribution < 1.29 is 27.8 Å². The van der Waals surface area contributed by atoms with Gasteiger partial charge in [0.25, 0.3) is 12.3 Å². The first kappa shape index (κ1) is 31.2. The van der Waals surface area contributed by atoms with E-state index in [0.29, 0.717) is 44.8 Å². The van der Waals surface area contributed by atoms with E-state index in [2.05, 4.69) is 20.9 Å². The number of nitrogens with zero attached hydrogens (tertiary/aromatic N) is 2. The molecule has 1 saturated carbocycles. The van der Waals surface area contributed by atoms with E-state index in [4.69, 9.17) is 39.5 Å². The Morgan fingerprint density at radius 1 is 1.14 bits per heavy atom. The van der Waals surface area contributed by atoms with Crippen LogP contribution in [-0.2, 0) is 13.6 Å². The van der Waals surface area contributed by atoms with Crippen molar-refractivity contribution in [2.24, 2.45) is 13.0 Å². The average molecular weight is 657 g/mol. The van der Waals surface area contributed by atoms with Crippen molar-refractivity contribution in [3.8, 4) is 5.75 Å². The number of carbonyl (C=O) groups is 1. The summed E-state index contributed by atoms with van der Waals surface area (Å²) in [7, 11) is 1.68. The highest BCUT2D eigenvalue weighted by molar-refractivity contribution is 6.39. The monoisotopic (exact) mass is 655 g/mol. The van der Waals surface area contributed by atoms with Gasteiger partial charge in [0.15, 0.2) is 0 Å². The summed E-state index contributed by atoms with van der Waals surface area (Å²) in [5, 5.41) is 19.6. The zero-order valence-corrected chi connectivity index (χ0v) is 25.0. The number of benzene rings is 3. The standard InChI is InChI=1S/C29H27Cl3F3N5O3/c1-40-22-11-23(43-13-24(34)35)17(28(42)37-16-6-8-20(33)19(31)9-16)10-21(22)38-29(40)39-26-18(30)7-5-15(25(26)32)12-36-27(41)14-3-2-4-14/h5-11,14,24,27,36,41H,2-4,12-13H2,1H3,(H,37,42)(H,38,39)/t27-/m0/s1. The number of alkyl halides is 2. The number of aliphatic hydroxyl groups excluding tert-OH is 1. The molecule has 1 aromatic heterocycles. The molecule has 3 aromatic carbocycles. The van der Waals surface area contributed by atoms with Crippen molar-refractivity contribution in [1.82, 2.24) is 14.9 Å². The predicted octanol–water partition coefficient (Wildman–Crippen LogP) is 7.52. The number of imidazole rings is 1. The molecule has 1 aliphatic rings. The molecule has 0 radical (unpaired) electrons. The van der Waals surface area contributed by atoms with Crippen molar-refractivity contribution in [2.75, 3.05) is 17.2 Å². The van der Waals surface area contributed by atoms with Crippen molar-refractivity contribution >= 4 is 69.1 Å². The molecule has 1 amide bonds. The lowest BCUT2D eigenvalue weighted by atomic mass is 9.84. The summed E-state index contributed by atoms with van der Waals surface area (Å²) in [6.45, 7) is -0.633. The van der Waals surface area contributed by atoms with Gasteiger partial charge in [-0.15, -0.1) is 0 Å². The van der Waals surface area contributed by atoms with Gasteiger partial charge in [0.1, 0.15) is 24.4 Å². The van der Waals surface area contributed by atoms with Gasteiger partial charge in [-0.25, -0.2) is 18.2 Å². The van der Waals surface area contributed by atoms with E-state index in [-0.39, 0.29) is 27.9 Å². The van der Waals surface area contributed by atoms with Gasteiger partial charge in [-0.3, -0.25) is 10.1 Å². The number of carbonyl (C=O) groups excluding carboxylic acids is 1. The molecule has 8 nitrogen and oxygen atoms in total. The summed E-state index contributed by atoms with van der Waals surface area (Å²) in [6, 6.07) is 9.87. The van der Waals surface area contributed by atoms with Gasteiger partial charge in [0, 0.05) is 25.3 Å². The molecule has 43 heavy (non-hydrogen) atoms. The van der Waals surface area contributed by atoms with Crippen molar-refractivity contribution in [3.63, 3.8) is 0 Å². The molecule has 0 saturated heterocycles. The molecule has 4 aromatic rings. The quantitative estimate of drug-likeness (QED) is 0.125. The Labute approximate surface area is 260 Å². The summed E-state index contributed by atoms with van der Waals surface area (Å²) in [6.07, 6.45) is -0.370. The maximum absolute atomic E-state index is 13.6. The number of hydrogen-bond acceptors (Lipinski definition) is 6. The zero-order chi connectivity index (χ0) is 30.8. The number of ether oxygens (including phenoxy) is 1. The lowest BCUT2D eigenvalue weighted by Crippen LogP contribution is -2.38. The first-order chi connectivity index (χ1) is 20.5. The second-order valence-electron chi connectivity index (χ2n) is 10.2. The van der Waals surface area contributed by atoms with Gasteiger partial charge in [0.2, 0.25) is 5.95 Å². The fourth-order valence-corrected chi connectivity index (χ4v) is 5.36. The fourth-order valence-electron chi connectivity index (χ4n) is 4.65. The van der Waals surface area contributed by atoms with E-state index in [1.54, 1.807) is 23.7 Å². The zero-order valence-electron chi connectivity index (χ0n) is 22.7. The number of aromatic nitrogens is 2. The van der Waals surface area contributed by atoms with Gasteiger partial charge >= 0.3 is 0 Å². The van der Waals surface area contributed by atoms with Crippen LogP contribution < -0.4 is 20.7 Å². The number of aryl methyl sites for hydroxylation is 1. The number of amides is 1. The first-order valence-corrected chi connectivity index (χ1v) is 14.5. The minimum absolute atomic E-state index is 0.0765. The third-order valence-electron chi connectivity index (χ3n) is 7.27. The van der Waals surface area contributed by atoms with Crippen LogP contribution in [0.4, 0.5) is 30.5 Å². The van der Waals surface area contributed by atoms with E-state index >= 15 is 0 Å². The van der Waals surface area contributed by atoms with E-state index in [1.807, 2.05) is 0 Å². The van der Waals surface area contributed by atoms with Crippen LogP contribution in [0.3, 0.4) is 0 Å². The van der Waals surface area contributed by atoms with E-state index in [9.17, 15) is 23.1 Å². The molecule has 14 heteroatoms. The third-order valence-corrected chi connectivity index (χ3v) is 8.31. The summed E-state index contributed by atoms with van der Waals surface area (Å²) in [5.41, 5.74) is 1.99. The lowest BCUT2D eigenvalue weighted by molar-refractivity contribution is 0.0336. The number of nitrogens with one attached hydrogen (secondary N) is 3. The van der Waals surface area contributed by atoms with E-state index < -0.39 is 31.0 Å². The molecule has 4 N–H and O–H groups in total. The number of hydrogen-bond donors (Lipinski definition) is 4. The van der Waals surface area contributed by atoms with E-state index in [0.717, 1.165) is 25.3 Å². The van der Waals surface area contributed by atoms with Crippen LogP contribution in [-0.4, -0.2) is 39.8 Å². The molecule has 1 aliphatic carbocycles. The Morgan fingerprint density at radius 2 is 1.91 bits per heavy atom. The van der Waals surface area contributed by atoms with Crippen LogP contribution in [0.25, 0.3) is 11.0 Å². The SMILES string of the molecule is Cn1c(Nc2c(Cl)ccc(CN[C@@H](O)C3CCC3)c2Cl)nc2cc(C(=O)Nc3ccc(F)c(Cl)c3)c(OCC(F)F)cc21. The summed E-state index contributed by atoms with van der Waals surface area (Å²) < 4.78 is 46.6. The average Bonchev–Trinajstić information content (AvgIpc) is 3.23. The number of rotatable bonds is 11. The van der Waals surface area contributed by atoms with Gasteiger partial charge in [-0.1, -0.05) is 47.3 Å². The third kappa shape index (κ3) is 6.97. The summed E-state index contributed by atoms with van der Waals surface area (Å²) >= 11 is 19.0. The van der Waals surface area contributed by atoms with Crippen LogP contribution in [0.5, 0.6) is 5.75 Å². The van der Waals surface area contributed by atoms with Crippen LogP contribution in [0.2, 0.25) is 15.1 Å². The Balaban J connectivity index is 1.44. The fraction of sp³-hybridized carbons (Fsp3) is 0.310. The van der Waals surface area contributed by atoms with Crippen LogP contribution in [0.1, 0.15) is 35.2 Å². The lowest BCUT2D eigenvalue weighted by Gasteiger charge is -2.30. The Bertz CT molecular complexity index is 1670. The van der Waals surface area contributed by atoms with Crippen LogP contribution in [0, 0.1) is 11.7 Å². The molecule has 5 rings (SSSR count). The summed E-state index contributed by atoms with van der Waals surface area (Å²) in [4.78, 5) is 17.8. The topological polar surface area (TPSA) is 100 Å². The minimum atomic E-state index is -2.79. The van der Waals surface area contributed by atoms with Crippen LogP contribution >= 0.6 is 34.8 Å². The molecule has 0 unspecified atom stereocenters. The summed E-state index contributed by atoms with van der Waals surface area (Å²) in [5.74, 6) is -0.963. The molecule has 228 valence electrons. The Morgan fingerprint density at radius 3 is 2.58 bits per heavy atom. The van der Waals surface area contributed by atoms with Gasteiger partial charge in [-0.2, -0.15) is 0 Å². The van der Waals surface area contributed by atoms with Crippen molar-refractivity contribution in [3.05, 3.63) is 74.5 Å². The second-order valence-corrected chi connectivity index (χ2v) is 11.3. The van der Waals surface area contributed by atoms with Crippen LogP contribution in [0.15, 0.2) is 42.5 Å². The molecule has 1 atom stereocenters. The van der Waals surface area contributed by atoms with Gasteiger partial charge < -0.3 is 25.0 Å². The first-order valence-electron chi connectivity index (χ1n) is 13.3. The molecule has 0 spiro atoms. The highest BCUT2D eigenvalue weighted by Gasteiger charge is 2.26. The maximum atomic E-state index is 13.6. The largest absolute Gasteiger partial charge is 0.487 e. The minimum Gasteiger partial charge on any atom is -0.487 e. The van der Waals surface area contributed by atoms with Gasteiger partial charge in [-0.05, 0) is 54.7 Å². The molecule has 0 bridgehead atoms. The van der Waals surface area contributed by atoms with Crippen molar-refractivity contribution in [2.45, 2.75) is 38.5 Å². The maximum Gasteiger partial charge on any atom is 0.272 e.